The number of amides is 1. The molecule has 3 heterocycles. The van der Waals surface area contributed by atoms with Crippen LogP contribution in [0, 0.1) is 23.5 Å². The van der Waals surface area contributed by atoms with Crippen LogP contribution in [-0.2, 0) is 17.3 Å². The first-order valence-corrected chi connectivity index (χ1v) is 11.4. The summed E-state index contributed by atoms with van der Waals surface area (Å²) in [5, 5.41) is 7.20. The zero-order valence-electron chi connectivity index (χ0n) is 18.0. The first-order chi connectivity index (χ1) is 16.4. The number of benzene rings is 2. The number of hydrogen-bond acceptors (Lipinski definition) is 5. The third-order valence-corrected chi connectivity index (χ3v) is 6.84. The van der Waals surface area contributed by atoms with Crippen molar-refractivity contribution in [2.45, 2.75) is 5.54 Å². The molecule has 1 aromatic heterocycles. The maximum absolute atomic E-state index is 15.0. The Morgan fingerprint density at radius 3 is 2.68 bits per heavy atom. The van der Waals surface area contributed by atoms with Gasteiger partial charge >= 0.3 is 0 Å². The Morgan fingerprint density at radius 1 is 1.18 bits per heavy atom. The van der Waals surface area contributed by atoms with Crippen molar-refractivity contribution in [1.82, 2.24) is 15.1 Å². The number of fused-ring (bicyclic) bond motifs is 1. The molecule has 2 aliphatic heterocycles. The maximum atomic E-state index is 15.0. The van der Waals surface area contributed by atoms with Crippen LogP contribution < -0.4 is 5.32 Å². The number of halogens is 3. The smallest absolute Gasteiger partial charge is 0.257 e. The molecular formula is C24H19F3N4O2S. The number of nitrogens with zero attached hydrogens (tertiary/aromatic N) is 3. The summed E-state index contributed by atoms with van der Waals surface area (Å²) in [7, 11) is 1.48. The van der Waals surface area contributed by atoms with Crippen molar-refractivity contribution in [1.29, 1.82) is 0 Å². The average molecular weight is 485 g/mol. The largest absolute Gasteiger partial charge is 0.489 e. The van der Waals surface area contributed by atoms with Gasteiger partial charge in [-0.15, -0.1) is 0 Å². The zero-order valence-corrected chi connectivity index (χ0v) is 18.8. The standard InChI is InChI=1S/C24H19F3N4O2S/c1-31-21(27)11-19(30-31)20-9-15-12-34-23(28-22(32)14-5-3-2-4-6-14)29-24(15,13-33-20)17-8-7-16(25)10-18(17)26/h2-11,15H,12-13H2,1H3,(H,28,29,32). The molecule has 0 saturated heterocycles. The van der Waals surface area contributed by atoms with Crippen LogP contribution in [0.5, 0.6) is 0 Å². The lowest BCUT2D eigenvalue weighted by Crippen LogP contribution is -2.47. The van der Waals surface area contributed by atoms with Gasteiger partial charge in [0.05, 0.1) is 0 Å². The molecule has 2 unspecified atom stereocenters. The highest BCUT2D eigenvalue weighted by Gasteiger charge is 2.48. The Labute approximate surface area is 197 Å². The van der Waals surface area contributed by atoms with Gasteiger partial charge in [0.15, 0.2) is 5.17 Å². The van der Waals surface area contributed by atoms with Crippen LogP contribution >= 0.6 is 11.8 Å². The number of thioether (sulfide) groups is 1. The highest BCUT2D eigenvalue weighted by Crippen LogP contribution is 2.46. The van der Waals surface area contributed by atoms with Gasteiger partial charge in [-0.3, -0.25) is 4.79 Å². The second-order valence-corrected chi connectivity index (χ2v) is 9.01. The maximum Gasteiger partial charge on any atom is 0.257 e. The van der Waals surface area contributed by atoms with Gasteiger partial charge in [-0.2, -0.15) is 9.49 Å². The number of ether oxygens (including phenoxy) is 1. The van der Waals surface area contributed by atoms with E-state index in [-0.39, 0.29) is 24.0 Å². The molecule has 2 aromatic carbocycles. The molecule has 0 fully saturated rings. The number of rotatable bonds is 3. The van der Waals surface area contributed by atoms with Crippen molar-refractivity contribution in [2.24, 2.45) is 18.0 Å². The minimum atomic E-state index is -1.25. The van der Waals surface area contributed by atoms with Gasteiger partial charge in [0.25, 0.3) is 5.91 Å². The second-order valence-electron chi connectivity index (χ2n) is 8.00. The lowest BCUT2D eigenvalue weighted by atomic mass is 9.77. The third kappa shape index (κ3) is 3.98. The van der Waals surface area contributed by atoms with Crippen molar-refractivity contribution < 1.29 is 22.7 Å². The summed E-state index contributed by atoms with van der Waals surface area (Å²) in [6.45, 7) is -0.102. The van der Waals surface area contributed by atoms with Gasteiger partial charge < -0.3 is 10.1 Å². The van der Waals surface area contributed by atoms with Crippen LogP contribution in [0.2, 0.25) is 0 Å². The molecule has 0 spiro atoms. The van der Waals surface area contributed by atoms with Crippen molar-refractivity contribution in [3.8, 4) is 0 Å². The fraction of sp³-hybridized carbons (Fsp3) is 0.208. The molecule has 3 aromatic rings. The predicted molar refractivity (Wildman–Crippen MR) is 122 cm³/mol. The topological polar surface area (TPSA) is 68.5 Å². The van der Waals surface area contributed by atoms with Crippen LogP contribution in [0.1, 0.15) is 21.6 Å². The highest BCUT2D eigenvalue weighted by molar-refractivity contribution is 8.13. The van der Waals surface area contributed by atoms with Gasteiger partial charge in [0.1, 0.15) is 35.2 Å². The number of aliphatic imine (C=N–C) groups is 1. The van der Waals surface area contributed by atoms with Crippen molar-refractivity contribution in [3.05, 3.63) is 95.1 Å². The van der Waals surface area contributed by atoms with E-state index in [1.165, 1.54) is 30.9 Å². The Balaban J connectivity index is 1.55. The first-order valence-electron chi connectivity index (χ1n) is 10.4. The summed E-state index contributed by atoms with van der Waals surface area (Å²) in [6.07, 6.45) is 1.74. The predicted octanol–water partition coefficient (Wildman–Crippen LogP) is 4.25. The number of amidine groups is 1. The number of aryl methyl sites for hydroxylation is 1. The molecule has 0 radical (unpaired) electrons. The quantitative estimate of drug-likeness (QED) is 0.604. The fourth-order valence-electron chi connectivity index (χ4n) is 4.07. The minimum absolute atomic E-state index is 0.102. The Hall–Kier alpha value is -3.53. The lowest BCUT2D eigenvalue weighted by molar-refractivity contribution is 0.0975. The van der Waals surface area contributed by atoms with Crippen molar-refractivity contribution in [3.63, 3.8) is 0 Å². The van der Waals surface area contributed by atoms with Crippen LogP contribution in [0.15, 0.2) is 65.7 Å². The molecule has 6 nitrogen and oxygen atoms in total. The van der Waals surface area contributed by atoms with Crippen molar-refractivity contribution >= 4 is 28.6 Å². The summed E-state index contributed by atoms with van der Waals surface area (Å²) in [5.74, 6) is -1.96. The summed E-state index contributed by atoms with van der Waals surface area (Å²) >= 11 is 1.30. The lowest BCUT2D eigenvalue weighted by Gasteiger charge is -2.42. The van der Waals surface area contributed by atoms with E-state index in [0.29, 0.717) is 27.9 Å². The van der Waals surface area contributed by atoms with Crippen LogP contribution in [0.25, 0.3) is 5.76 Å². The molecule has 1 N–H and O–H groups in total. The first kappa shape index (κ1) is 22.3. The normalized spacial score (nSPS) is 21.7. The monoisotopic (exact) mass is 484 g/mol. The molecular weight excluding hydrogens is 465 g/mol. The Bertz CT molecular complexity index is 1310. The van der Waals surface area contributed by atoms with Gasteiger partial charge in [-0.1, -0.05) is 36.0 Å². The minimum Gasteiger partial charge on any atom is -0.489 e. The van der Waals surface area contributed by atoms with Crippen molar-refractivity contribution in [2.75, 3.05) is 12.4 Å². The van der Waals surface area contributed by atoms with E-state index < -0.39 is 23.1 Å². The zero-order chi connectivity index (χ0) is 23.9. The number of carbonyl (C=O) groups excluding carboxylic acids is 1. The van der Waals surface area contributed by atoms with E-state index in [2.05, 4.69) is 10.4 Å². The fourth-order valence-corrected chi connectivity index (χ4v) is 5.17. The molecule has 10 heteroatoms. The molecule has 2 aliphatic rings. The number of carbonyl (C=O) groups is 1. The molecule has 5 rings (SSSR count). The SMILES string of the molecule is Cn1nc(C2=CC3CSC(NC(=O)c4ccccc4)=NC3(c3ccc(F)cc3F)CO2)cc1F. The van der Waals surface area contributed by atoms with Gasteiger partial charge in [0, 0.05) is 42.0 Å². The highest BCUT2D eigenvalue weighted by atomic mass is 32.2. The number of hydrogen-bond donors (Lipinski definition) is 1. The van der Waals surface area contributed by atoms with Gasteiger partial charge in [-0.05, 0) is 24.3 Å². The van der Waals surface area contributed by atoms with E-state index in [4.69, 9.17) is 9.73 Å². The van der Waals surface area contributed by atoms with Crippen LogP contribution in [-0.4, -0.2) is 33.2 Å². The van der Waals surface area contributed by atoms with E-state index in [9.17, 15) is 18.0 Å². The number of aromatic nitrogens is 2. The van der Waals surface area contributed by atoms with E-state index in [1.54, 1.807) is 36.4 Å². The van der Waals surface area contributed by atoms with Crippen LogP contribution in [0.4, 0.5) is 13.2 Å². The Kier molecular flexibility index (Phi) is 5.68. The van der Waals surface area contributed by atoms with Gasteiger partial charge in [0.2, 0.25) is 5.95 Å². The summed E-state index contributed by atoms with van der Waals surface area (Å²) in [6, 6.07) is 13.2. The summed E-state index contributed by atoms with van der Waals surface area (Å²) in [5.41, 5.74) is -0.341. The molecule has 34 heavy (non-hydrogen) atoms. The molecule has 174 valence electrons. The molecule has 2 atom stereocenters. The van der Waals surface area contributed by atoms with Crippen LogP contribution in [0.3, 0.4) is 0 Å². The third-order valence-electron chi connectivity index (χ3n) is 5.84. The van der Waals surface area contributed by atoms with E-state index >= 15 is 0 Å². The number of nitrogens with one attached hydrogen (secondary N) is 1. The average Bonchev–Trinajstić information content (AvgIpc) is 3.17. The Morgan fingerprint density at radius 2 is 1.97 bits per heavy atom. The van der Waals surface area contributed by atoms with E-state index in [1.807, 2.05) is 0 Å². The second kappa shape index (κ2) is 8.68. The molecule has 1 amide bonds. The van der Waals surface area contributed by atoms with E-state index in [0.717, 1.165) is 16.8 Å². The summed E-state index contributed by atoms with van der Waals surface area (Å²) < 4.78 is 49.5. The summed E-state index contributed by atoms with van der Waals surface area (Å²) in [4.78, 5) is 17.4. The molecule has 0 saturated carbocycles. The van der Waals surface area contributed by atoms with Gasteiger partial charge in [-0.25, -0.2) is 18.5 Å². The molecule has 0 bridgehead atoms. The molecule has 0 aliphatic carbocycles.